The van der Waals surface area contributed by atoms with Crippen LogP contribution < -0.4 is 0 Å². The Morgan fingerprint density at radius 1 is 1.22 bits per heavy atom. The van der Waals surface area contributed by atoms with Gasteiger partial charge in [0.15, 0.2) is 5.78 Å². The molecule has 0 aliphatic heterocycles. The van der Waals surface area contributed by atoms with E-state index in [1.165, 1.54) is 25.7 Å². The van der Waals surface area contributed by atoms with Gasteiger partial charge in [-0.3, -0.25) is 4.79 Å². The average Bonchev–Trinajstić information content (AvgIpc) is 2.64. The molecule has 98 valence electrons. The van der Waals surface area contributed by atoms with Crippen LogP contribution in [-0.2, 0) is 4.74 Å². The lowest BCUT2D eigenvalue weighted by atomic mass is 10.1. The molecule has 2 heteroatoms. The van der Waals surface area contributed by atoms with Gasteiger partial charge in [0, 0.05) is 5.56 Å². The van der Waals surface area contributed by atoms with Crippen molar-refractivity contribution >= 4 is 5.78 Å². The molecule has 0 N–H and O–H groups in total. The summed E-state index contributed by atoms with van der Waals surface area (Å²) in [6, 6.07) is 7.72. The van der Waals surface area contributed by atoms with Gasteiger partial charge >= 0.3 is 0 Å². The fourth-order valence-corrected chi connectivity index (χ4v) is 2.50. The van der Waals surface area contributed by atoms with Gasteiger partial charge in [-0.2, -0.15) is 0 Å². The number of hydrogen-bond acceptors (Lipinski definition) is 2. The van der Waals surface area contributed by atoms with Crippen LogP contribution in [0.15, 0.2) is 24.3 Å². The second-order valence-electron chi connectivity index (χ2n) is 5.22. The maximum absolute atomic E-state index is 12.0. The highest BCUT2D eigenvalue weighted by Gasteiger charge is 2.14. The van der Waals surface area contributed by atoms with Gasteiger partial charge in [-0.25, -0.2) is 0 Å². The zero-order valence-electron chi connectivity index (χ0n) is 11.2. The van der Waals surface area contributed by atoms with E-state index in [1.807, 2.05) is 31.2 Å². The van der Waals surface area contributed by atoms with E-state index in [4.69, 9.17) is 4.74 Å². The molecule has 0 radical (unpaired) electrons. The third-order valence-electron chi connectivity index (χ3n) is 3.59. The van der Waals surface area contributed by atoms with E-state index in [0.29, 0.717) is 6.10 Å². The summed E-state index contributed by atoms with van der Waals surface area (Å²) in [6.45, 7) is 2.23. The molecule has 1 aromatic rings. The molecule has 0 atom stereocenters. The van der Waals surface area contributed by atoms with E-state index in [1.54, 1.807) is 0 Å². The Morgan fingerprint density at radius 2 is 1.94 bits per heavy atom. The van der Waals surface area contributed by atoms with Crippen molar-refractivity contribution in [3.63, 3.8) is 0 Å². The summed E-state index contributed by atoms with van der Waals surface area (Å²) in [4.78, 5) is 12.0. The molecule has 0 aromatic heterocycles. The molecule has 0 bridgehead atoms. The molecular formula is C16H22O2. The third-order valence-corrected chi connectivity index (χ3v) is 3.59. The highest BCUT2D eigenvalue weighted by Crippen LogP contribution is 2.20. The monoisotopic (exact) mass is 246 g/mol. The average molecular weight is 246 g/mol. The van der Waals surface area contributed by atoms with Crippen LogP contribution in [0.3, 0.4) is 0 Å². The van der Waals surface area contributed by atoms with Crippen molar-refractivity contribution in [1.82, 2.24) is 0 Å². The fourth-order valence-electron chi connectivity index (χ4n) is 2.50. The molecule has 1 fully saturated rings. The number of ketones is 1. The maximum atomic E-state index is 12.0. The lowest BCUT2D eigenvalue weighted by molar-refractivity contribution is 0.0389. The molecule has 1 aliphatic carbocycles. The van der Waals surface area contributed by atoms with E-state index in [2.05, 4.69) is 0 Å². The normalized spacial score (nSPS) is 17.4. The van der Waals surface area contributed by atoms with Gasteiger partial charge in [0.1, 0.15) is 6.61 Å². The van der Waals surface area contributed by atoms with Crippen LogP contribution in [0.5, 0.6) is 0 Å². The molecule has 0 saturated heterocycles. The van der Waals surface area contributed by atoms with Gasteiger partial charge in [-0.1, -0.05) is 49.4 Å². The van der Waals surface area contributed by atoms with Crippen molar-refractivity contribution in [3.8, 4) is 0 Å². The highest BCUT2D eigenvalue weighted by atomic mass is 16.5. The van der Waals surface area contributed by atoms with Crippen molar-refractivity contribution in [2.75, 3.05) is 6.61 Å². The van der Waals surface area contributed by atoms with Crippen molar-refractivity contribution in [2.45, 2.75) is 51.6 Å². The number of Topliss-reactive ketones (excluding diaryl/α,β-unsaturated/α-hetero) is 1. The largest absolute Gasteiger partial charge is 0.370 e. The predicted octanol–water partition coefficient (Wildman–Crippen LogP) is 3.92. The maximum Gasteiger partial charge on any atom is 0.188 e. The van der Waals surface area contributed by atoms with Gasteiger partial charge in [-0.15, -0.1) is 0 Å². The minimum absolute atomic E-state index is 0.1000. The molecule has 0 amide bonds. The SMILES string of the molecule is Cc1cccc(C(=O)COC2CCCCCC2)c1. The molecule has 0 unspecified atom stereocenters. The van der Waals surface area contributed by atoms with Crippen LogP contribution in [0.4, 0.5) is 0 Å². The van der Waals surface area contributed by atoms with Gasteiger partial charge in [-0.05, 0) is 25.8 Å². The molecule has 2 rings (SSSR count). The van der Waals surface area contributed by atoms with E-state index >= 15 is 0 Å². The third kappa shape index (κ3) is 3.95. The lowest BCUT2D eigenvalue weighted by Crippen LogP contribution is -2.18. The molecule has 2 nitrogen and oxygen atoms in total. The first-order chi connectivity index (χ1) is 8.75. The van der Waals surface area contributed by atoms with E-state index in [9.17, 15) is 4.79 Å². The highest BCUT2D eigenvalue weighted by molar-refractivity contribution is 5.97. The number of ether oxygens (including phenoxy) is 1. The topological polar surface area (TPSA) is 26.3 Å². The zero-order valence-corrected chi connectivity index (χ0v) is 11.2. The van der Waals surface area contributed by atoms with Gasteiger partial charge in [0.25, 0.3) is 0 Å². The summed E-state index contributed by atoms with van der Waals surface area (Å²) in [5, 5.41) is 0. The number of hydrogen-bond donors (Lipinski definition) is 0. The van der Waals surface area contributed by atoms with Crippen molar-refractivity contribution in [3.05, 3.63) is 35.4 Å². The summed E-state index contributed by atoms with van der Waals surface area (Å²) < 4.78 is 5.77. The Bertz CT molecular complexity index is 390. The number of aryl methyl sites for hydroxylation is 1. The van der Waals surface area contributed by atoms with Gasteiger partial charge in [0.2, 0.25) is 0 Å². The van der Waals surface area contributed by atoms with Gasteiger partial charge in [0.05, 0.1) is 6.10 Å². The summed E-state index contributed by atoms with van der Waals surface area (Å²) >= 11 is 0. The van der Waals surface area contributed by atoms with Crippen LogP contribution in [0, 0.1) is 6.92 Å². The first kappa shape index (κ1) is 13.3. The van der Waals surface area contributed by atoms with E-state index < -0.39 is 0 Å². The first-order valence-corrected chi connectivity index (χ1v) is 6.97. The summed E-state index contributed by atoms with van der Waals surface area (Å²) in [5.74, 6) is 0.1000. The zero-order chi connectivity index (χ0) is 12.8. The van der Waals surface area contributed by atoms with Crippen LogP contribution in [-0.4, -0.2) is 18.5 Å². The van der Waals surface area contributed by atoms with Crippen molar-refractivity contribution in [2.24, 2.45) is 0 Å². The van der Waals surface area contributed by atoms with Crippen LogP contribution in [0.2, 0.25) is 0 Å². The second kappa shape index (κ2) is 6.69. The van der Waals surface area contributed by atoms with E-state index in [0.717, 1.165) is 24.0 Å². The van der Waals surface area contributed by atoms with Crippen LogP contribution in [0.25, 0.3) is 0 Å². The molecule has 1 saturated carbocycles. The van der Waals surface area contributed by atoms with E-state index in [-0.39, 0.29) is 12.4 Å². The number of carbonyl (C=O) groups is 1. The molecule has 1 aliphatic rings. The Morgan fingerprint density at radius 3 is 2.61 bits per heavy atom. The quantitative estimate of drug-likeness (QED) is 0.594. The Balaban J connectivity index is 1.84. The Hall–Kier alpha value is -1.15. The van der Waals surface area contributed by atoms with Gasteiger partial charge < -0.3 is 4.74 Å². The fraction of sp³-hybridized carbons (Fsp3) is 0.562. The standard InChI is InChI=1S/C16H22O2/c1-13-7-6-8-14(11-13)16(17)12-18-15-9-4-2-3-5-10-15/h6-8,11,15H,2-5,9-10,12H2,1H3. The molecular weight excluding hydrogens is 224 g/mol. The second-order valence-corrected chi connectivity index (χ2v) is 5.22. The minimum atomic E-state index is 0.1000. The smallest absolute Gasteiger partial charge is 0.188 e. The first-order valence-electron chi connectivity index (χ1n) is 6.97. The van der Waals surface area contributed by atoms with Crippen LogP contribution in [0.1, 0.15) is 54.4 Å². The molecule has 0 heterocycles. The molecule has 1 aromatic carbocycles. The predicted molar refractivity (Wildman–Crippen MR) is 73.0 cm³/mol. The van der Waals surface area contributed by atoms with Crippen LogP contribution >= 0.6 is 0 Å². The summed E-state index contributed by atoms with van der Waals surface area (Å²) in [6.07, 6.45) is 7.62. The molecule has 0 spiro atoms. The summed E-state index contributed by atoms with van der Waals surface area (Å²) in [7, 11) is 0. The molecule has 18 heavy (non-hydrogen) atoms. The lowest BCUT2D eigenvalue weighted by Gasteiger charge is -2.14. The summed E-state index contributed by atoms with van der Waals surface area (Å²) in [5.41, 5.74) is 1.89. The Labute approximate surface area is 109 Å². The number of rotatable bonds is 4. The minimum Gasteiger partial charge on any atom is -0.370 e. The number of benzene rings is 1. The number of carbonyl (C=O) groups excluding carboxylic acids is 1. The van der Waals surface area contributed by atoms with Crippen molar-refractivity contribution in [1.29, 1.82) is 0 Å². The van der Waals surface area contributed by atoms with Crippen molar-refractivity contribution < 1.29 is 9.53 Å². The Kier molecular flexibility index (Phi) is 4.94.